The summed E-state index contributed by atoms with van der Waals surface area (Å²) >= 11 is 0. The zero-order valence-corrected chi connectivity index (χ0v) is 11.9. The Morgan fingerprint density at radius 2 is 1.84 bits per heavy atom. The smallest absolute Gasteiger partial charge is 0.134 e. The van der Waals surface area contributed by atoms with Gasteiger partial charge in [-0.3, -0.25) is 0 Å². The van der Waals surface area contributed by atoms with Crippen molar-refractivity contribution in [3.63, 3.8) is 0 Å². The molecule has 0 spiro atoms. The van der Waals surface area contributed by atoms with E-state index in [1.54, 1.807) is 0 Å². The molecule has 0 aliphatic rings. The highest BCUT2D eigenvalue weighted by molar-refractivity contribution is 5.58. The Kier molecular flexibility index (Phi) is 4.80. The van der Waals surface area contributed by atoms with E-state index in [0.717, 1.165) is 29.9 Å². The highest BCUT2D eigenvalue weighted by atomic mass is 16.3. The maximum atomic E-state index is 5.82. The molecule has 102 valence electrons. The summed E-state index contributed by atoms with van der Waals surface area (Å²) in [5.74, 6) is 1.89. The molecule has 0 saturated heterocycles. The van der Waals surface area contributed by atoms with E-state index in [1.807, 2.05) is 19.1 Å². The molecular formula is C17H23NO. The molecule has 0 saturated carbocycles. The van der Waals surface area contributed by atoms with E-state index in [9.17, 15) is 0 Å². The first-order chi connectivity index (χ1) is 9.19. The Morgan fingerprint density at radius 3 is 2.47 bits per heavy atom. The van der Waals surface area contributed by atoms with Crippen LogP contribution in [-0.2, 0) is 12.8 Å². The van der Waals surface area contributed by atoms with E-state index in [0.29, 0.717) is 0 Å². The predicted octanol–water partition coefficient (Wildman–Crippen LogP) is 4.18. The summed E-state index contributed by atoms with van der Waals surface area (Å²) in [6.45, 7) is 4.21. The summed E-state index contributed by atoms with van der Waals surface area (Å²) in [6.07, 6.45) is 4.43. The number of hydrogen-bond donors (Lipinski definition) is 1. The highest BCUT2D eigenvalue weighted by Crippen LogP contribution is 2.23. The molecule has 1 atom stereocenters. The van der Waals surface area contributed by atoms with Crippen molar-refractivity contribution in [2.45, 2.75) is 45.6 Å². The van der Waals surface area contributed by atoms with E-state index in [-0.39, 0.29) is 6.04 Å². The molecule has 0 radical (unpaired) electrons. The molecule has 19 heavy (non-hydrogen) atoms. The van der Waals surface area contributed by atoms with Crippen molar-refractivity contribution in [2.24, 2.45) is 5.73 Å². The SMILES string of the molecule is CCCCc1ccc(-c2ccc(CC(C)N)o2)cc1. The fourth-order valence-corrected chi connectivity index (χ4v) is 2.18. The van der Waals surface area contributed by atoms with Gasteiger partial charge in [-0.15, -0.1) is 0 Å². The molecule has 1 aromatic heterocycles. The monoisotopic (exact) mass is 257 g/mol. The van der Waals surface area contributed by atoms with Crippen molar-refractivity contribution >= 4 is 0 Å². The van der Waals surface area contributed by atoms with Crippen LogP contribution in [-0.4, -0.2) is 6.04 Å². The van der Waals surface area contributed by atoms with Crippen molar-refractivity contribution < 1.29 is 4.42 Å². The minimum absolute atomic E-state index is 0.135. The lowest BCUT2D eigenvalue weighted by Crippen LogP contribution is -2.17. The summed E-state index contributed by atoms with van der Waals surface area (Å²) in [7, 11) is 0. The lowest BCUT2D eigenvalue weighted by molar-refractivity contribution is 0.503. The summed E-state index contributed by atoms with van der Waals surface area (Å²) in [4.78, 5) is 0. The van der Waals surface area contributed by atoms with Crippen LogP contribution in [0.3, 0.4) is 0 Å². The van der Waals surface area contributed by atoms with Gasteiger partial charge in [0.1, 0.15) is 11.5 Å². The van der Waals surface area contributed by atoms with Crippen LogP contribution < -0.4 is 5.73 Å². The summed E-state index contributed by atoms with van der Waals surface area (Å²) < 4.78 is 5.82. The molecular weight excluding hydrogens is 234 g/mol. The molecule has 0 aliphatic carbocycles. The number of nitrogens with two attached hydrogens (primary N) is 1. The van der Waals surface area contributed by atoms with Crippen LogP contribution in [0, 0.1) is 0 Å². The van der Waals surface area contributed by atoms with Gasteiger partial charge in [0.25, 0.3) is 0 Å². The predicted molar refractivity (Wildman–Crippen MR) is 80.1 cm³/mol. The van der Waals surface area contributed by atoms with Crippen LogP contribution in [0.15, 0.2) is 40.8 Å². The Bertz CT molecular complexity index is 496. The van der Waals surface area contributed by atoms with E-state index in [1.165, 1.54) is 18.4 Å². The van der Waals surface area contributed by atoms with Crippen molar-refractivity contribution in [1.29, 1.82) is 0 Å². The first-order valence-electron chi connectivity index (χ1n) is 7.12. The second-order valence-corrected chi connectivity index (χ2v) is 5.25. The van der Waals surface area contributed by atoms with Gasteiger partial charge in [0.05, 0.1) is 0 Å². The quantitative estimate of drug-likeness (QED) is 0.843. The molecule has 1 unspecified atom stereocenters. The molecule has 2 heteroatoms. The average Bonchev–Trinajstić information content (AvgIpc) is 2.84. The standard InChI is InChI=1S/C17H23NO/c1-3-4-5-14-6-8-15(9-7-14)17-11-10-16(19-17)12-13(2)18/h6-11,13H,3-5,12,18H2,1-2H3. The summed E-state index contributed by atoms with van der Waals surface area (Å²) in [5, 5.41) is 0. The van der Waals surface area contributed by atoms with E-state index < -0.39 is 0 Å². The minimum atomic E-state index is 0.135. The van der Waals surface area contributed by atoms with Crippen LogP contribution >= 0.6 is 0 Å². The summed E-state index contributed by atoms with van der Waals surface area (Å²) in [5.41, 5.74) is 8.31. The fraction of sp³-hybridized carbons (Fsp3) is 0.412. The lowest BCUT2D eigenvalue weighted by atomic mass is 10.1. The van der Waals surface area contributed by atoms with Crippen molar-refractivity contribution in [3.8, 4) is 11.3 Å². The van der Waals surface area contributed by atoms with Gasteiger partial charge in [-0.1, -0.05) is 37.6 Å². The van der Waals surface area contributed by atoms with Gasteiger partial charge in [-0.2, -0.15) is 0 Å². The van der Waals surface area contributed by atoms with Crippen LogP contribution in [0.5, 0.6) is 0 Å². The number of benzene rings is 1. The van der Waals surface area contributed by atoms with Crippen molar-refractivity contribution in [1.82, 2.24) is 0 Å². The number of aryl methyl sites for hydroxylation is 1. The molecule has 2 N–H and O–H groups in total. The first kappa shape index (κ1) is 13.9. The van der Waals surface area contributed by atoms with Gasteiger partial charge in [0.15, 0.2) is 0 Å². The lowest BCUT2D eigenvalue weighted by Gasteiger charge is -2.03. The van der Waals surface area contributed by atoms with Gasteiger partial charge >= 0.3 is 0 Å². The third kappa shape index (κ3) is 3.97. The van der Waals surface area contributed by atoms with E-state index in [2.05, 4.69) is 31.2 Å². The fourth-order valence-electron chi connectivity index (χ4n) is 2.18. The molecule has 1 heterocycles. The van der Waals surface area contributed by atoms with Gasteiger partial charge < -0.3 is 10.2 Å². The number of hydrogen-bond acceptors (Lipinski definition) is 2. The third-order valence-electron chi connectivity index (χ3n) is 3.24. The Balaban J connectivity index is 2.07. The minimum Gasteiger partial charge on any atom is -0.461 e. The average molecular weight is 257 g/mol. The second-order valence-electron chi connectivity index (χ2n) is 5.25. The molecule has 2 rings (SSSR count). The molecule has 0 aliphatic heterocycles. The second kappa shape index (κ2) is 6.58. The largest absolute Gasteiger partial charge is 0.461 e. The topological polar surface area (TPSA) is 39.2 Å². The van der Waals surface area contributed by atoms with Crippen LogP contribution in [0.2, 0.25) is 0 Å². The maximum Gasteiger partial charge on any atom is 0.134 e. The van der Waals surface area contributed by atoms with Crippen LogP contribution in [0.25, 0.3) is 11.3 Å². The Labute approximate surface area is 115 Å². The Hall–Kier alpha value is -1.54. The molecule has 2 nitrogen and oxygen atoms in total. The first-order valence-corrected chi connectivity index (χ1v) is 7.12. The van der Waals surface area contributed by atoms with Gasteiger partial charge in [0, 0.05) is 18.0 Å². The zero-order chi connectivity index (χ0) is 13.7. The van der Waals surface area contributed by atoms with Gasteiger partial charge in [0.2, 0.25) is 0 Å². The highest BCUT2D eigenvalue weighted by Gasteiger charge is 2.06. The van der Waals surface area contributed by atoms with Crippen molar-refractivity contribution in [3.05, 3.63) is 47.7 Å². The molecule has 0 bridgehead atoms. The normalized spacial score (nSPS) is 12.6. The number of unbranched alkanes of at least 4 members (excludes halogenated alkanes) is 1. The van der Waals surface area contributed by atoms with Gasteiger partial charge in [-0.25, -0.2) is 0 Å². The van der Waals surface area contributed by atoms with Crippen molar-refractivity contribution in [2.75, 3.05) is 0 Å². The van der Waals surface area contributed by atoms with E-state index >= 15 is 0 Å². The Morgan fingerprint density at radius 1 is 1.11 bits per heavy atom. The third-order valence-corrected chi connectivity index (χ3v) is 3.24. The molecule has 2 aromatic rings. The molecule has 1 aromatic carbocycles. The number of furan rings is 1. The molecule has 0 amide bonds. The maximum absolute atomic E-state index is 5.82. The summed E-state index contributed by atoms with van der Waals surface area (Å²) in [6, 6.07) is 12.8. The van der Waals surface area contributed by atoms with Crippen LogP contribution in [0.4, 0.5) is 0 Å². The van der Waals surface area contributed by atoms with E-state index in [4.69, 9.17) is 10.2 Å². The molecule has 0 fully saturated rings. The van der Waals surface area contributed by atoms with Gasteiger partial charge in [-0.05, 0) is 37.5 Å². The van der Waals surface area contributed by atoms with Crippen LogP contribution in [0.1, 0.15) is 38.0 Å². The zero-order valence-electron chi connectivity index (χ0n) is 11.9. The number of rotatable bonds is 6.